The molecule has 3 heterocycles. The van der Waals surface area contributed by atoms with Crippen LogP contribution in [0.4, 0.5) is 27.1 Å². The fourth-order valence-electron chi connectivity index (χ4n) is 3.95. The van der Waals surface area contributed by atoms with Crippen LogP contribution in [0.5, 0.6) is 0 Å². The number of halogens is 7. The maximum Gasteiger partial charge on any atom is 0.490 e. The molecule has 1 aliphatic heterocycles. The molecule has 5 rings (SSSR count). The number of thiazole rings is 1. The van der Waals surface area contributed by atoms with Gasteiger partial charge >= 0.3 is 12.1 Å². The van der Waals surface area contributed by atoms with Gasteiger partial charge in [0.25, 0.3) is 0 Å². The molecule has 1 fully saturated rings. The Bertz CT molecular complexity index is 1760. The number of hydrogen-bond donors (Lipinski definition) is 1. The van der Waals surface area contributed by atoms with E-state index in [-0.39, 0.29) is 15.9 Å². The second-order valence-corrected chi connectivity index (χ2v) is 12.5. The molecule has 1 N–H and O–H groups in total. The van der Waals surface area contributed by atoms with Gasteiger partial charge in [-0.3, -0.25) is 0 Å². The Balaban J connectivity index is 0.000000566. The first-order chi connectivity index (χ1) is 20.7. The topological polar surface area (TPSA) is 123 Å². The predicted octanol–water partition coefficient (Wildman–Crippen LogP) is 6.30. The first-order valence-corrected chi connectivity index (χ1v) is 15.5. The maximum atomic E-state index is 14.2. The minimum absolute atomic E-state index is 0.0580. The van der Waals surface area contributed by atoms with E-state index in [0.717, 1.165) is 18.2 Å². The number of carboxylic acid groups (broad SMARTS) is 1. The van der Waals surface area contributed by atoms with Gasteiger partial charge in [0.05, 0.1) is 40.3 Å². The highest BCUT2D eigenvalue weighted by Crippen LogP contribution is 2.43. The van der Waals surface area contributed by atoms with Crippen molar-refractivity contribution in [1.82, 2.24) is 15.0 Å². The molecule has 0 spiro atoms. The summed E-state index contributed by atoms with van der Waals surface area (Å²) in [7, 11) is -4.39. The highest BCUT2D eigenvalue weighted by Gasteiger charge is 2.38. The molecular weight excluding hydrogens is 678 g/mol. The summed E-state index contributed by atoms with van der Waals surface area (Å²) in [6, 6.07) is 9.41. The molecule has 9 nitrogen and oxygen atoms in total. The smallest absolute Gasteiger partial charge is 0.475 e. The van der Waals surface area contributed by atoms with Gasteiger partial charge in [0, 0.05) is 24.8 Å². The van der Waals surface area contributed by atoms with Crippen LogP contribution in [0, 0.1) is 11.6 Å². The van der Waals surface area contributed by atoms with Crippen LogP contribution in [0.3, 0.4) is 0 Å². The third kappa shape index (κ3) is 7.79. The number of aromatic nitrogens is 3. The van der Waals surface area contributed by atoms with Crippen molar-refractivity contribution in [3.63, 3.8) is 0 Å². The zero-order chi connectivity index (χ0) is 32.2. The molecular formula is C26H19Cl2F5N4O5S2. The number of hydrogen-bond acceptors (Lipinski definition) is 9. The number of anilines is 1. The van der Waals surface area contributed by atoms with Crippen LogP contribution in [-0.4, -0.2) is 66.9 Å². The van der Waals surface area contributed by atoms with Crippen molar-refractivity contribution in [2.24, 2.45) is 0 Å². The van der Waals surface area contributed by atoms with Crippen LogP contribution in [0.2, 0.25) is 10.3 Å². The average Bonchev–Trinajstić information content (AvgIpc) is 3.40. The fraction of sp³-hybridized carbons (Fsp3) is 0.231. The summed E-state index contributed by atoms with van der Waals surface area (Å²) in [6.07, 6.45) is -3.56. The van der Waals surface area contributed by atoms with Crippen molar-refractivity contribution in [1.29, 1.82) is 0 Å². The lowest BCUT2D eigenvalue weighted by Gasteiger charge is -2.26. The van der Waals surface area contributed by atoms with Crippen LogP contribution in [0.15, 0.2) is 53.6 Å². The lowest BCUT2D eigenvalue weighted by atomic mass is 10.1. The maximum absolute atomic E-state index is 14.2. The van der Waals surface area contributed by atoms with Crippen molar-refractivity contribution in [3.8, 4) is 21.8 Å². The van der Waals surface area contributed by atoms with Crippen molar-refractivity contribution < 1.29 is 45.0 Å². The number of carbonyl (C=O) groups is 1. The number of carboxylic acids is 1. The fourth-order valence-corrected chi connectivity index (χ4v) is 7.08. The van der Waals surface area contributed by atoms with Crippen molar-refractivity contribution in [2.45, 2.75) is 16.8 Å². The molecule has 1 aliphatic rings. The third-order valence-electron chi connectivity index (χ3n) is 5.91. The highest BCUT2D eigenvalue weighted by molar-refractivity contribution is 7.90. The molecule has 0 amide bonds. The molecule has 0 unspecified atom stereocenters. The number of aliphatic carboxylic acids is 1. The quantitative estimate of drug-likeness (QED) is 0.183. The standard InChI is InChI=1S/C24H18Cl2F2N4O3S2.C2HF3O2/c25-19-14(13-37(33,34)22-16(27)5-2-6-17(22)28)3-1-4-15(19)20-21(18-7-8-29-23(26)30-18)36-24(31-20)32-9-11-35-12-10-32;3-2(4,5)1(6)7/h1-8H,9-13H2;(H,6,7). The zero-order valence-electron chi connectivity index (χ0n) is 22.0. The van der Waals surface area contributed by atoms with E-state index >= 15 is 0 Å². The van der Waals surface area contributed by atoms with E-state index < -0.39 is 44.3 Å². The molecule has 0 atom stereocenters. The average molecular weight is 697 g/mol. The molecule has 18 heteroatoms. The van der Waals surface area contributed by atoms with E-state index in [4.69, 9.17) is 42.8 Å². The van der Waals surface area contributed by atoms with Crippen molar-refractivity contribution >= 4 is 55.5 Å². The summed E-state index contributed by atoms with van der Waals surface area (Å²) in [5.41, 5.74) is 1.62. The van der Waals surface area contributed by atoms with Gasteiger partial charge in [-0.1, -0.05) is 47.2 Å². The van der Waals surface area contributed by atoms with Crippen LogP contribution >= 0.6 is 34.5 Å². The Morgan fingerprint density at radius 1 is 1.02 bits per heavy atom. The minimum Gasteiger partial charge on any atom is -0.475 e. The number of ether oxygens (including phenoxy) is 1. The molecule has 2 aromatic carbocycles. The Hall–Kier alpha value is -3.44. The number of nitrogens with zero attached hydrogens (tertiary/aromatic N) is 4. The number of rotatable bonds is 6. The third-order valence-corrected chi connectivity index (χ3v) is 9.38. The van der Waals surface area contributed by atoms with Gasteiger partial charge in [-0.25, -0.2) is 36.9 Å². The molecule has 0 radical (unpaired) electrons. The SMILES string of the molecule is O=C(O)C(F)(F)F.O=S(=O)(Cc1cccc(-c2nc(N3CCOCC3)sc2-c2ccnc(Cl)n2)c1Cl)c1c(F)cccc1F. The zero-order valence-corrected chi connectivity index (χ0v) is 25.1. The number of alkyl halides is 3. The number of morpholine rings is 1. The summed E-state index contributed by atoms with van der Waals surface area (Å²) < 4.78 is 91.6. The van der Waals surface area contributed by atoms with E-state index in [9.17, 15) is 30.4 Å². The second-order valence-electron chi connectivity index (χ2n) is 8.88. The second kappa shape index (κ2) is 13.7. The lowest BCUT2D eigenvalue weighted by molar-refractivity contribution is -0.192. The van der Waals surface area contributed by atoms with Crippen molar-refractivity contribution in [3.05, 3.63) is 76.2 Å². The minimum atomic E-state index is -5.08. The van der Waals surface area contributed by atoms with Gasteiger partial charge in [0.1, 0.15) is 16.5 Å². The van der Waals surface area contributed by atoms with Gasteiger partial charge in [0.15, 0.2) is 15.0 Å². The first kappa shape index (κ1) is 33.5. The first-order valence-electron chi connectivity index (χ1n) is 12.3. The highest BCUT2D eigenvalue weighted by atomic mass is 35.5. The monoisotopic (exact) mass is 696 g/mol. The summed E-state index contributed by atoms with van der Waals surface area (Å²) in [5, 5.41) is 8.00. The van der Waals surface area contributed by atoms with Crippen LogP contribution in [0.25, 0.3) is 21.8 Å². The number of sulfone groups is 1. The van der Waals surface area contributed by atoms with Gasteiger partial charge < -0.3 is 14.7 Å². The summed E-state index contributed by atoms with van der Waals surface area (Å²) >= 11 is 14.2. The van der Waals surface area contributed by atoms with Gasteiger partial charge in [0.2, 0.25) is 5.28 Å². The normalized spacial score (nSPS) is 13.8. The molecule has 2 aromatic heterocycles. The molecule has 4 aromatic rings. The van der Waals surface area contributed by atoms with Gasteiger partial charge in [-0.15, -0.1) is 0 Å². The Kier molecular flexibility index (Phi) is 10.4. The Morgan fingerprint density at radius 2 is 1.64 bits per heavy atom. The molecule has 0 saturated carbocycles. The van der Waals surface area contributed by atoms with E-state index in [1.165, 1.54) is 23.6 Å². The van der Waals surface area contributed by atoms with E-state index in [0.29, 0.717) is 53.3 Å². The molecule has 0 bridgehead atoms. The molecule has 0 aliphatic carbocycles. The van der Waals surface area contributed by atoms with Gasteiger partial charge in [-0.05, 0) is 35.4 Å². The van der Waals surface area contributed by atoms with Crippen LogP contribution < -0.4 is 4.90 Å². The van der Waals surface area contributed by atoms with E-state index in [1.807, 2.05) is 0 Å². The Labute approximate surface area is 260 Å². The molecule has 234 valence electrons. The largest absolute Gasteiger partial charge is 0.490 e. The van der Waals surface area contributed by atoms with E-state index in [1.54, 1.807) is 18.2 Å². The van der Waals surface area contributed by atoms with E-state index in [2.05, 4.69) is 14.9 Å². The predicted molar refractivity (Wildman–Crippen MR) is 153 cm³/mol. The summed E-state index contributed by atoms with van der Waals surface area (Å²) in [6.45, 7) is 2.42. The van der Waals surface area contributed by atoms with Gasteiger partial charge in [-0.2, -0.15) is 13.2 Å². The summed E-state index contributed by atoms with van der Waals surface area (Å²) in [5.74, 6) is -5.78. The van der Waals surface area contributed by atoms with Crippen LogP contribution in [-0.2, 0) is 25.1 Å². The lowest BCUT2D eigenvalue weighted by Crippen LogP contribution is -2.36. The molecule has 44 heavy (non-hydrogen) atoms. The summed E-state index contributed by atoms with van der Waals surface area (Å²) in [4.78, 5) is 23.7. The molecule has 1 saturated heterocycles. The van der Waals surface area contributed by atoms with Crippen molar-refractivity contribution in [2.75, 3.05) is 31.2 Å². The Morgan fingerprint density at radius 3 is 2.23 bits per heavy atom. The number of benzene rings is 2. The van der Waals surface area contributed by atoms with Crippen LogP contribution in [0.1, 0.15) is 5.56 Å².